The second kappa shape index (κ2) is 5.36. The summed E-state index contributed by atoms with van der Waals surface area (Å²) in [7, 11) is 0. The summed E-state index contributed by atoms with van der Waals surface area (Å²) >= 11 is 0. The number of hydrogen-bond donors (Lipinski definition) is 1. The molecule has 0 saturated heterocycles. The fourth-order valence-electron chi connectivity index (χ4n) is 1.80. The third-order valence-electron chi connectivity index (χ3n) is 2.82. The van der Waals surface area contributed by atoms with Crippen molar-refractivity contribution in [3.63, 3.8) is 0 Å². The molecular formula is C14H6F6O2. The van der Waals surface area contributed by atoms with Gasteiger partial charge in [-0.3, -0.25) is 0 Å². The van der Waals surface area contributed by atoms with Gasteiger partial charge in [0, 0.05) is 0 Å². The summed E-state index contributed by atoms with van der Waals surface area (Å²) in [5, 5.41) is 8.82. The van der Waals surface area contributed by atoms with Crippen LogP contribution in [-0.2, 0) is 6.18 Å². The van der Waals surface area contributed by atoms with Gasteiger partial charge in [-0.05, 0) is 41.5 Å². The summed E-state index contributed by atoms with van der Waals surface area (Å²) in [6, 6.07) is 2.70. The Labute approximate surface area is 119 Å². The van der Waals surface area contributed by atoms with E-state index in [2.05, 4.69) is 0 Å². The van der Waals surface area contributed by atoms with Gasteiger partial charge in [0.15, 0.2) is 17.5 Å². The summed E-state index contributed by atoms with van der Waals surface area (Å²) < 4.78 is 77.5. The molecule has 8 heteroatoms. The Hall–Kier alpha value is -2.51. The van der Waals surface area contributed by atoms with E-state index in [0.717, 1.165) is 6.07 Å². The van der Waals surface area contributed by atoms with Crippen LogP contribution in [0.5, 0.6) is 0 Å². The molecule has 0 unspecified atom stereocenters. The average molecular weight is 320 g/mol. The van der Waals surface area contributed by atoms with Crippen molar-refractivity contribution in [1.29, 1.82) is 0 Å². The molecule has 2 nitrogen and oxygen atoms in total. The van der Waals surface area contributed by atoms with E-state index in [-0.39, 0.29) is 0 Å². The first-order chi connectivity index (χ1) is 10.1. The van der Waals surface area contributed by atoms with Gasteiger partial charge in [0.2, 0.25) is 0 Å². The summed E-state index contributed by atoms with van der Waals surface area (Å²) in [5.74, 6) is -6.60. The van der Waals surface area contributed by atoms with E-state index in [0.29, 0.717) is 24.3 Å². The predicted molar refractivity (Wildman–Crippen MR) is 63.7 cm³/mol. The predicted octanol–water partition coefficient (Wildman–Crippen LogP) is 4.49. The maximum atomic E-state index is 13.2. The third kappa shape index (κ3) is 3.05. The Bertz CT molecular complexity index is 728. The molecule has 22 heavy (non-hydrogen) atoms. The quantitative estimate of drug-likeness (QED) is 0.654. The Morgan fingerprint density at radius 1 is 0.864 bits per heavy atom. The fourth-order valence-corrected chi connectivity index (χ4v) is 1.80. The van der Waals surface area contributed by atoms with Crippen LogP contribution in [0.15, 0.2) is 30.3 Å². The molecule has 0 aromatic heterocycles. The lowest BCUT2D eigenvalue weighted by atomic mass is 9.99. The zero-order valence-corrected chi connectivity index (χ0v) is 10.5. The molecule has 2 aromatic rings. The summed E-state index contributed by atoms with van der Waals surface area (Å²) in [6.07, 6.45) is -4.85. The van der Waals surface area contributed by atoms with Crippen LogP contribution < -0.4 is 0 Å². The highest BCUT2D eigenvalue weighted by Gasteiger charge is 2.32. The van der Waals surface area contributed by atoms with Crippen LogP contribution in [0.25, 0.3) is 11.1 Å². The van der Waals surface area contributed by atoms with Crippen LogP contribution in [0, 0.1) is 17.5 Å². The number of aromatic carboxylic acids is 1. The van der Waals surface area contributed by atoms with Crippen LogP contribution in [-0.4, -0.2) is 11.1 Å². The van der Waals surface area contributed by atoms with E-state index in [1.807, 2.05) is 0 Å². The fraction of sp³-hybridized carbons (Fsp3) is 0.0714. The molecule has 0 fully saturated rings. The second-order valence-electron chi connectivity index (χ2n) is 4.36. The lowest BCUT2D eigenvalue weighted by Crippen LogP contribution is -2.08. The second-order valence-corrected chi connectivity index (χ2v) is 4.36. The molecule has 0 radical (unpaired) electrons. The Balaban J connectivity index is 2.70. The number of carboxylic acids is 1. The first-order valence-electron chi connectivity index (χ1n) is 5.70. The highest BCUT2D eigenvalue weighted by atomic mass is 19.4. The molecule has 0 aliphatic rings. The minimum atomic E-state index is -4.85. The van der Waals surface area contributed by atoms with Crippen LogP contribution in [0.3, 0.4) is 0 Å². The molecule has 0 aliphatic heterocycles. The zero-order valence-electron chi connectivity index (χ0n) is 10.5. The van der Waals surface area contributed by atoms with Gasteiger partial charge in [0.25, 0.3) is 0 Å². The van der Waals surface area contributed by atoms with Gasteiger partial charge in [-0.1, -0.05) is 0 Å². The van der Waals surface area contributed by atoms with Crippen molar-refractivity contribution in [2.24, 2.45) is 0 Å². The van der Waals surface area contributed by atoms with E-state index in [9.17, 15) is 31.1 Å². The van der Waals surface area contributed by atoms with Crippen LogP contribution >= 0.6 is 0 Å². The van der Waals surface area contributed by atoms with E-state index in [1.165, 1.54) is 0 Å². The van der Waals surface area contributed by atoms with Gasteiger partial charge in [-0.25, -0.2) is 18.0 Å². The largest absolute Gasteiger partial charge is 0.478 e. The number of halogens is 6. The van der Waals surface area contributed by atoms with Gasteiger partial charge in [0.1, 0.15) is 0 Å². The third-order valence-corrected chi connectivity index (χ3v) is 2.82. The van der Waals surface area contributed by atoms with E-state index in [1.54, 1.807) is 0 Å². The topological polar surface area (TPSA) is 37.3 Å². The molecule has 0 heterocycles. The number of rotatable bonds is 2. The maximum absolute atomic E-state index is 13.2. The van der Waals surface area contributed by atoms with Crippen molar-refractivity contribution in [3.8, 4) is 11.1 Å². The van der Waals surface area contributed by atoms with Crippen LogP contribution in [0.2, 0.25) is 0 Å². The number of benzene rings is 2. The van der Waals surface area contributed by atoms with Crippen LogP contribution in [0.1, 0.15) is 15.9 Å². The van der Waals surface area contributed by atoms with Crippen molar-refractivity contribution >= 4 is 5.97 Å². The number of alkyl halides is 3. The van der Waals surface area contributed by atoms with Gasteiger partial charge in [-0.15, -0.1) is 0 Å². The van der Waals surface area contributed by atoms with E-state index in [4.69, 9.17) is 5.11 Å². The van der Waals surface area contributed by atoms with Crippen molar-refractivity contribution in [2.75, 3.05) is 0 Å². The molecule has 2 aromatic carbocycles. The molecule has 116 valence electrons. The maximum Gasteiger partial charge on any atom is 0.416 e. The van der Waals surface area contributed by atoms with Gasteiger partial charge in [-0.2, -0.15) is 13.2 Å². The zero-order chi connectivity index (χ0) is 16.7. The van der Waals surface area contributed by atoms with E-state index < -0.39 is 51.9 Å². The Kier molecular flexibility index (Phi) is 3.87. The average Bonchev–Trinajstić information content (AvgIpc) is 2.42. The molecular weight excluding hydrogens is 314 g/mol. The lowest BCUT2D eigenvalue weighted by molar-refractivity contribution is -0.137. The normalized spacial score (nSPS) is 11.5. The smallest absolute Gasteiger partial charge is 0.416 e. The monoisotopic (exact) mass is 320 g/mol. The molecule has 0 bridgehead atoms. The summed E-state index contributed by atoms with van der Waals surface area (Å²) in [5.41, 5.74) is -2.82. The highest BCUT2D eigenvalue weighted by Crippen LogP contribution is 2.34. The molecule has 0 aliphatic carbocycles. The summed E-state index contributed by atoms with van der Waals surface area (Å²) in [6.45, 7) is 0. The molecule has 2 rings (SSSR count). The Morgan fingerprint density at radius 3 is 1.82 bits per heavy atom. The first kappa shape index (κ1) is 15.9. The van der Waals surface area contributed by atoms with Crippen LogP contribution in [0.4, 0.5) is 26.3 Å². The van der Waals surface area contributed by atoms with Crippen molar-refractivity contribution in [1.82, 2.24) is 0 Å². The standard InChI is InChI=1S/C14H6F6O2/c15-10-4-7(5-11(16)12(10)17)6-1-8(13(21)22)3-9(2-6)14(18,19)20/h1-5H,(H,21,22). The van der Waals surface area contributed by atoms with Gasteiger partial charge < -0.3 is 5.11 Å². The number of carboxylic acid groups (broad SMARTS) is 1. The minimum Gasteiger partial charge on any atom is -0.478 e. The minimum absolute atomic E-state index is 0.391. The number of carbonyl (C=O) groups is 1. The van der Waals surface area contributed by atoms with E-state index >= 15 is 0 Å². The first-order valence-corrected chi connectivity index (χ1v) is 5.70. The molecule has 0 spiro atoms. The van der Waals surface area contributed by atoms with Crippen molar-refractivity contribution < 1.29 is 36.2 Å². The number of hydrogen-bond acceptors (Lipinski definition) is 1. The SMILES string of the molecule is O=C(O)c1cc(-c2cc(F)c(F)c(F)c2)cc(C(F)(F)F)c1. The molecule has 1 N–H and O–H groups in total. The lowest BCUT2D eigenvalue weighted by Gasteiger charge is -2.11. The van der Waals surface area contributed by atoms with Gasteiger partial charge >= 0.3 is 12.1 Å². The highest BCUT2D eigenvalue weighted by molar-refractivity contribution is 5.90. The van der Waals surface area contributed by atoms with Crippen molar-refractivity contribution in [2.45, 2.75) is 6.18 Å². The summed E-state index contributed by atoms with van der Waals surface area (Å²) in [4.78, 5) is 10.9. The molecule has 0 saturated carbocycles. The van der Waals surface area contributed by atoms with Crippen molar-refractivity contribution in [3.05, 3.63) is 58.9 Å². The Morgan fingerprint density at radius 2 is 1.36 bits per heavy atom. The van der Waals surface area contributed by atoms with Gasteiger partial charge in [0.05, 0.1) is 11.1 Å². The molecule has 0 atom stereocenters. The molecule has 0 amide bonds.